The van der Waals surface area contributed by atoms with Crippen molar-refractivity contribution < 1.29 is 9.53 Å². The van der Waals surface area contributed by atoms with Gasteiger partial charge in [0.1, 0.15) is 11.4 Å². The maximum atomic E-state index is 12.8. The molecule has 1 N–H and O–H groups in total. The fourth-order valence-corrected chi connectivity index (χ4v) is 2.86. The van der Waals surface area contributed by atoms with Crippen LogP contribution in [0.5, 0.6) is 5.75 Å². The minimum Gasteiger partial charge on any atom is -0.497 e. The number of nitrogens with one attached hydrogen (secondary N) is 1. The number of benzene rings is 2. The van der Waals surface area contributed by atoms with Gasteiger partial charge in [-0.1, -0.05) is 42.5 Å². The Balaban J connectivity index is 1.85. The Bertz CT molecular complexity index is 887. The summed E-state index contributed by atoms with van der Waals surface area (Å²) in [5, 5.41) is 7.63. The zero-order valence-electron chi connectivity index (χ0n) is 15.3. The molecule has 3 rings (SSSR count). The molecule has 0 saturated carbocycles. The highest BCUT2D eigenvalue weighted by molar-refractivity contribution is 5.94. The fraction of sp³-hybridized carbons (Fsp3) is 0.238. The number of aromatic nitrogens is 2. The van der Waals surface area contributed by atoms with Crippen molar-refractivity contribution in [1.82, 2.24) is 15.1 Å². The lowest BCUT2D eigenvalue weighted by Crippen LogP contribution is -2.28. The molecular weight excluding hydrogens is 326 g/mol. The number of carbonyl (C=O) groups excluding carboxylic acids is 1. The lowest BCUT2D eigenvalue weighted by atomic mass is 10.1. The fourth-order valence-electron chi connectivity index (χ4n) is 2.86. The highest BCUT2D eigenvalue weighted by atomic mass is 16.5. The summed E-state index contributed by atoms with van der Waals surface area (Å²) in [6.45, 7) is 4.56. The third-order valence-corrected chi connectivity index (χ3v) is 4.32. The van der Waals surface area contributed by atoms with Crippen molar-refractivity contribution in [1.29, 1.82) is 0 Å². The summed E-state index contributed by atoms with van der Waals surface area (Å²) in [7, 11) is 1.63. The Morgan fingerprint density at radius 2 is 1.92 bits per heavy atom. The van der Waals surface area contributed by atoms with Crippen LogP contribution in [0.3, 0.4) is 0 Å². The van der Waals surface area contributed by atoms with E-state index in [-0.39, 0.29) is 11.9 Å². The van der Waals surface area contributed by atoms with Crippen LogP contribution in [-0.4, -0.2) is 22.8 Å². The van der Waals surface area contributed by atoms with E-state index in [0.717, 1.165) is 22.6 Å². The highest BCUT2D eigenvalue weighted by Gasteiger charge is 2.18. The molecule has 0 bridgehead atoms. The third kappa shape index (κ3) is 3.77. The van der Waals surface area contributed by atoms with Crippen LogP contribution in [0.15, 0.2) is 60.7 Å². The first-order valence-electron chi connectivity index (χ1n) is 8.70. The van der Waals surface area contributed by atoms with E-state index in [1.165, 1.54) is 0 Å². The second-order valence-corrected chi connectivity index (χ2v) is 6.07. The zero-order valence-corrected chi connectivity index (χ0v) is 15.3. The summed E-state index contributed by atoms with van der Waals surface area (Å²) in [5.41, 5.74) is 3.29. The van der Waals surface area contributed by atoms with Crippen molar-refractivity contribution >= 4 is 5.91 Å². The molecule has 0 spiro atoms. The van der Waals surface area contributed by atoms with Gasteiger partial charge in [-0.2, -0.15) is 5.10 Å². The molecule has 1 amide bonds. The number of nitrogens with zero attached hydrogens (tertiary/aromatic N) is 2. The molecule has 0 fully saturated rings. The van der Waals surface area contributed by atoms with E-state index < -0.39 is 0 Å². The van der Waals surface area contributed by atoms with Gasteiger partial charge < -0.3 is 10.1 Å². The minimum atomic E-state index is -0.134. The maximum Gasteiger partial charge on any atom is 0.270 e. The first kappa shape index (κ1) is 17.7. The van der Waals surface area contributed by atoms with E-state index in [4.69, 9.17) is 4.74 Å². The summed E-state index contributed by atoms with van der Waals surface area (Å²) in [6.07, 6.45) is 0. The number of ether oxygens (including phenoxy) is 1. The minimum absolute atomic E-state index is 0.0795. The summed E-state index contributed by atoms with van der Waals surface area (Å²) in [4.78, 5) is 12.8. The molecule has 134 valence electrons. The monoisotopic (exact) mass is 349 g/mol. The first-order valence-corrected chi connectivity index (χ1v) is 8.70. The van der Waals surface area contributed by atoms with E-state index >= 15 is 0 Å². The predicted molar refractivity (Wildman–Crippen MR) is 102 cm³/mol. The number of hydrogen-bond acceptors (Lipinski definition) is 3. The molecule has 1 unspecified atom stereocenters. The Hall–Kier alpha value is -3.08. The number of aryl methyl sites for hydroxylation is 1. The van der Waals surface area contributed by atoms with Gasteiger partial charge in [0.25, 0.3) is 5.91 Å². The second-order valence-electron chi connectivity index (χ2n) is 6.07. The van der Waals surface area contributed by atoms with Gasteiger partial charge in [-0.15, -0.1) is 0 Å². The SMILES string of the molecule is CCn1nc(-c2cccc(OC)c2)cc1C(=O)NC(C)c1ccccc1. The number of amides is 1. The summed E-state index contributed by atoms with van der Waals surface area (Å²) >= 11 is 0. The van der Waals surface area contributed by atoms with Crippen molar-refractivity contribution in [3.05, 3.63) is 71.9 Å². The second kappa shape index (κ2) is 7.87. The molecule has 3 aromatic rings. The van der Waals surface area contributed by atoms with Gasteiger partial charge in [0.2, 0.25) is 0 Å². The molecule has 0 saturated heterocycles. The third-order valence-electron chi connectivity index (χ3n) is 4.32. The van der Waals surface area contributed by atoms with Crippen molar-refractivity contribution in [3.63, 3.8) is 0 Å². The molecule has 0 radical (unpaired) electrons. The molecular formula is C21H23N3O2. The summed E-state index contributed by atoms with van der Waals surface area (Å²) in [5.74, 6) is 0.627. The lowest BCUT2D eigenvalue weighted by molar-refractivity contribution is 0.0929. The molecule has 5 heteroatoms. The van der Waals surface area contributed by atoms with E-state index in [1.54, 1.807) is 11.8 Å². The molecule has 26 heavy (non-hydrogen) atoms. The Morgan fingerprint density at radius 1 is 1.15 bits per heavy atom. The van der Waals surface area contributed by atoms with Crippen molar-refractivity contribution in [2.45, 2.75) is 26.4 Å². The first-order chi connectivity index (χ1) is 12.6. The van der Waals surface area contributed by atoms with Gasteiger partial charge in [-0.05, 0) is 37.6 Å². The quantitative estimate of drug-likeness (QED) is 0.730. The van der Waals surface area contributed by atoms with Crippen LogP contribution in [0.25, 0.3) is 11.3 Å². The largest absolute Gasteiger partial charge is 0.497 e. The van der Waals surface area contributed by atoms with Gasteiger partial charge >= 0.3 is 0 Å². The summed E-state index contributed by atoms with van der Waals surface area (Å²) in [6, 6.07) is 19.3. The molecule has 2 aromatic carbocycles. The Kier molecular flexibility index (Phi) is 5.37. The van der Waals surface area contributed by atoms with Crippen LogP contribution < -0.4 is 10.1 Å². The van der Waals surface area contributed by atoms with Crippen LogP contribution in [-0.2, 0) is 6.54 Å². The molecule has 0 aliphatic rings. The van der Waals surface area contributed by atoms with E-state index in [9.17, 15) is 4.79 Å². The van der Waals surface area contributed by atoms with E-state index in [2.05, 4.69) is 10.4 Å². The van der Waals surface area contributed by atoms with Crippen LogP contribution in [0.1, 0.15) is 35.9 Å². The van der Waals surface area contributed by atoms with Gasteiger partial charge in [-0.25, -0.2) is 0 Å². The Labute approximate surface area is 153 Å². The summed E-state index contributed by atoms with van der Waals surface area (Å²) < 4.78 is 7.00. The molecule has 0 aliphatic carbocycles. The molecule has 0 aliphatic heterocycles. The van der Waals surface area contributed by atoms with Gasteiger partial charge in [0.15, 0.2) is 0 Å². The van der Waals surface area contributed by atoms with Gasteiger partial charge in [0.05, 0.1) is 18.8 Å². The number of carbonyl (C=O) groups is 1. The molecule has 1 aromatic heterocycles. The van der Waals surface area contributed by atoms with Crippen LogP contribution in [0.4, 0.5) is 0 Å². The van der Waals surface area contributed by atoms with Crippen LogP contribution >= 0.6 is 0 Å². The average Bonchev–Trinajstić information content (AvgIpc) is 3.13. The van der Waals surface area contributed by atoms with E-state index in [0.29, 0.717) is 12.2 Å². The smallest absolute Gasteiger partial charge is 0.270 e. The van der Waals surface area contributed by atoms with Gasteiger partial charge in [-0.3, -0.25) is 9.48 Å². The van der Waals surface area contributed by atoms with Crippen molar-refractivity contribution in [2.24, 2.45) is 0 Å². The number of methoxy groups -OCH3 is 1. The highest BCUT2D eigenvalue weighted by Crippen LogP contribution is 2.24. The van der Waals surface area contributed by atoms with Crippen LogP contribution in [0.2, 0.25) is 0 Å². The zero-order chi connectivity index (χ0) is 18.5. The van der Waals surface area contributed by atoms with Gasteiger partial charge in [0, 0.05) is 12.1 Å². The molecule has 1 heterocycles. The average molecular weight is 349 g/mol. The molecule has 1 atom stereocenters. The lowest BCUT2D eigenvalue weighted by Gasteiger charge is -2.14. The normalized spacial score (nSPS) is 11.8. The number of rotatable bonds is 6. The topological polar surface area (TPSA) is 56.2 Å². The van der Waals surface area contributed by atoms with Crippen molar-refractivity contribution in [3.8, 4) is 17.0 Å². The van der Waals surface area contributed by atoms with E-state index in [1.807, 2.05) is 74.5 Å². The standard InChI is InChI=1S/C21H23N3O2/c1-4-24-20(21(25)22-15(2)16-9-6-5-7-10-16)14-19(23-24)17-11-8-12-18(13-17)26-3/h5-15H,4H2,1-3H3,(H,22,25). The maximum absolute atomic E-state index is 12.8. The van der Waals surface area contributed by atoms with Crippen molar-refractivity contribution in [2.75, 3.05) is 7.11 Å². The van der Waals surface area contributed by atoms with Crippen LogP contribution in [0, 0.1) is 0 Å². The predicted octanol–water partition coefficient (Wildman–Crippen LogP) is 4.07. The molecule has 5 nitrogen and oxygen atoms in total. The number of hydrogen-bond donors (Lipinski definition) is 1. The Morgan fingerprint density at radius 3 is 2.62 bits per heavy atom.